The van der Waals surface area contributed by atoms with Crippen LogP contribution in [0.4, 0.5) is 11.8 Å². The summed E-state index contributed by atoms with van der Waals surface area (Å²) in [5, 5.41) is 4.46. The zero-order valence-electron chi connectivity index (χ0n) is 11.2. The van der Waals surface area contributed by atoms with E-state index < -0.39 is 0 Å². The number of hydrogen-bond acceptors (Lipinski definition) is 6. The van der Waals surface area contributed by atoms with Gasteiger partial charge in [0.25, 0.3) is 0 Å². The first kappa shape index (κ1) is 13.0. The summed E-state index contributed by atoms with van der Waals surface area (Å²) in [5.74, 6) is 6.69. The second kappa shape index (κ2) is 4.70. The molecule has 0 atom stereocenters. The van der Waals surface area contributed by atoms with Gasteiger partial charge in [0, 0.05) is 10.4 Å². The largest absolute Gasteiger partial charge is 0.365 e. The number of nitrogens with one attached hydrogen (secondary N) is 2. The van der Waals surface area contributed by atoms with Crippen LogP contribution >= 0.6 is 11.3 Å². The summed E-state index contributed by atoms with van der Waals surface area (Å²) in [6, 6.07) is 2.15. The van der Waals surface area contributed by atoms with E-state index >= 15 is 0 Å². The van der Waals surface area contributed by atoms with E-state index in [4.69, 9.17) is 5.84 Å². The summed E-state index contributed by atoms with van der Waals surface area (Å²) < 4.78 is 0. The molecule has 0 bridgehead atoms. The average Bonchev–Trinajstić information content (AvgIpc) is 2.70. The molecule has 0 amide bonds. The van der Waals surface area contributed by atoms with Crippen LogP contribution in [0.25, 0.3) is 10.2 Å². The van der Waals surface area contributed by atoms with Gasteiger partial charge in [-0.15, -0.1) is 11.3 Å². The molecular weight excluding hydrogens is 246 g/mol. The van der Waals surface area contributed by atoms with E-state index in [1.54, 1.807) is 11.3 Å². The summed E-state index contributed by atoms with van der Waals surface area (Å²) in [6.45, 7) is 8.44. The molecule has 2 aromatic rings. The molecule has 0 spiro atoms. The summed E-state index contributed by atoms with van der Waals surface area (Å²) in [5.41, 5.74) is 2.46. The topological polar surface area (TPSA) is 75.9 Å². The highest BCUT2D eigenvalue weighted by molar-refractivity contribution is 7.18. The second-order valence-electron chi connectivity index (χ2n) is 5.20. The molecule has 0 aliphatic carbocycles. The van der Waals surface area contributed by atoms with E-state index in [0.29, 0.717) is 5.95 Å². The molecule has 0 fully saturated rings. The van der Waals surface area contributed by atoms with Crippen LogP contribution in [0, 0.1) is 0 Å². The van der Waals surface area contributed by atoms with Gasteiger partial charge in [-0.25, -0.2) is 10.8 Å². The molecule has 98 valence electrons. The number of nitrogens with zero attached hydrogens (tertiary/aromatic N) is 2. The van der Waals surface area contributed by atoms with Crippen LogP contribution in [0.2, 0.25) is 0 Å². The first-order chi connectivity index (χ1) is 8.43. The standard InChI is InChI=1S/C12H19N5S/c1-5-7-6-8-9(16-12(2,3)4)14-11(17-13)15-10(8)18-7/h6H,5,13H2,1-4H3,(H2,14,15,16,17). The maximum absolute atomic E-state index is 5.41. The van der Waals surface area contributed by atoms with Gasteiger partial charge in [-0.2, -0.15) is 4.98 Å². The Labute approximate surface area is 111 Å². The Morgan fingerprint density at radius 3 is 2.61 bits per heavy atom. The summed E-state index contributed by atoms with van der Waals surface area (Å²) >= 11 is 1.68. The van der Waals surface area contributed by atoms with Gasteiger partial charge < -0.3 is 5.32 Å². The predicted molar refractivity (Wildman–Crippen MR) is 78.0 cm³/mol. The molecular formula is C12H19N5S. The maximum Gasteiger partial charge on any atom is 0.240 e. The van der Waals surface area contributed by atoms with Crippen molar-refractivity contribution in [1.82, 2.24) is 9.97 Å². The molecule has 0 saturated carbocycles. The molecule has 0 aliphatic heterocycles. The number of nitrogen functional groups attached to an aromatic ring is 1. The third kappa shape index (κ3) is 2.70. The zero-order chi connectivity index (χ0) is 13.3. The summed E-state index contributed by atoms with van der Waals surface area (Å²) in [6.07, 6.45) is 1.00. The zero-order valence-corrected chi connectivity index (χ0v) is 12.0. The molecule has 0 aromatic carbocycles. The minimum atomic E-state index is -0.0541. The van der Waals surface area contributed by atoms with E-state index in [9.17, 15) is 0 Å². The summed E-state index contributed by atoms with van der Waals surface area (Å²) in [4.78, 5) is 11.0. The van der Waals surface area contributed by atoms with E-state index in [2.05, 4.69) is 54.5 Å². The van der Waals surface area contributed by atoms with Crippen molar-refractivity contribution in [1.29, 1.82) is 0 Å². The van der Waals surface area contributed by atoms with Crippen molar-refractivity contribution in [3.63, 3.8) is 0 Å². The molecule has 18 heavy (non-hydrogen) atoms. The lowest BCUT2D eigenvalue weighted by atomic mass is 10.1. The molecule has 2 heterocycles. The number of hydrogen-bond donors (Lipinski definition) is 3. The molecule has 2 aromatic heterocycles. The van der Waals surface area contributed by atoms with Crippen molar-refractivity contribution in [3.8, 4) is 0 Å². The number of aromatic nitrogens is 2. The average molecular weight is 265 g/mol. The van der Waals surface area contributed by atoms with Gasteiger partial charge in [-0.3, -0.25) is 5.43 Å². The normalized spacial score (nSPS) is 11.8. The lowest BCUT2D eigenvalue weighted by Crippen LogP contribution is -2.27. The number of aryl methyl sites for hydroxylation is 1. The Morgan fingerprint density at radius 1 is 1.33 bits per heavy atom. The van der Waals surface area contributed by atoms with Crippen LogP contribution in [-0.4, -0.2) is 15.5 Å². The van der Waals surface area contributed by atoms with Crippen LogP contribution in [0.3, 0.4) is 0 Å². The third-order valence-corrected chi connectivity index (χ3v) is 3.59. The SMILES string of the molecule is CCc1cc2c(NC(C)(C)C)nc(NN)nc2s1. The first-order valence-electron chi connectivity index (χ1n) is 5.98. The molecule has 0 saturated heterocycles. The minimum Gasteiger partial charge on any atom is -0.365 e. The molecule has 0 aliphatic rings. The van der Waals surface area contributed by atoms with Gasteiger partial charge in [0.15, 0.2) is 0 Å². The van der Waals surface area contributed by atoms with E-state index in [0.717, 1.165) is 22.5 Å². The van der Waals surface area contributed by atoms with Crippen molar-refractivity contribution >= 4 is 33.3 Å². The Bertz CT molecular complexity index is 555. The fourth-order valence-corrected chi connectivity index (χ4v) is 2.63. The molecule has 2 rings (SSSR count). The molecule has 0 unspecified atom stereocenters. The number of nitrogens with two attached hydrogens (primary N) is 1. The smallest absolute Gasteiger partial charge is 0.240 e. The molecule has 5 nitrogen and oxygen atoms in total. The highest BCUT2D eigenvalue weighted by Gasteiger charge is 2.16. The Morgan fingerprint density at radius 2 is 2.06 bits per heavy atom. The van der Waals surface area contributed by atoms with Gasteiger partial charge in [0.05, 0.1) is 5.39 Å². The van der Waals surface area contributed by atoms with Crippen LogP contribution in [0.5, 0.6) is 0 Å². The van der Waals surface area contributed by atoms with Crippen LogP contribution < -0.4 is 16.6 Å². The number of hydrazine groups is 1. The lowest BCUT2D eigenvalue weighted by Gasteiger charge is -2.22. The van der Waals surface area contributed by atoms with Gasteiger partial charge in [0.2, 0.25) is 5.95 Å². The van der Waals surface area contributed by atoms with Gasteiger partial charge in [0.1, 0.15) is 10.6 Å². The number of rotatable bonds is 3. The molecule has 4 N–H and O–H groups in total. The van der Waals surface area contributed by atoms with Gasteiger partial charge in [-0.05, 0) is 33.3 Å². The van der Waals surface area contributed by atoms with Crippen molar-refractivity contribution < 1.29 is 0 Å². The van der Waals surface area contributed by atoms with E-state index in [1.807, 2.05) is 0 Å². The Hall–Kier alpha value is -1.40. The monoisotopic (exact) mass is 265 g/mol. The Kier molecular flexibility index (Phi) is 3.41. The fraction of sp³-hybridized carbons (Fsp3) is 0.500. The quantitative estimate of drug-likeness (QED) is 0.587. The first-order valence-corrected chi connectivity index (χ1v) is 6.80. The Balaban J connectivity index is 2.57. The predicted octanol–water partition coefficient (Wildman–Crippen LogP) is 2.75. The van der Waals surface area contributed by atoms with Gasteiger partial charge in [-0.1, -0.05) is 6.92 Å². The molecule has 6 heteroatoms. The van der Waals surface area contributed by atoms with Crippen molar-refractivity contribution in [2.24, 2.45) is 5.84 Å². The molecule has 0 radical (unpaired) electrons. The maximum atomic E-state index is 5.41. The number of fused-ring (bicyclic) bond motifs is 1. The third-order valence-electron chi connectivity index (χ3n) is 2.41. The highest BCUT2D eigenvalue weighted by atomic mass is 32.1. The van der Waals surface area contributed by atoms with E-state index in [1.165, 1.54) is 4.88 Å². The van der Waals surface area contributed by atoms with Crippen molar-refractivity contribution in [3.05, 3.63) is 10.9 Å². The van der Waals surface area contributed by atoms with Crippen LogP contribution in [0.15, 0.2) is 6.07 Å². The van der Waals surface area contributed by atoms with Crippen LogP contribution in [0.1, 0.15) is 32.6 Å². The van der Waals surface area contributed by atoms with Gasteiger partial charge >= 0.3 is 0 Å². The van der Waals surface area contributed by atoms with E-state index in [-0.39, 0.29) is 5.54 Å². The minimum absolute atomic E-state index is 0.0541. The summed E-state index contributed by atoms with van der Waals surface area (Å²) in [7, 11) is 0. The fourth-order valence-electron chi connectivity index (χ4n) is 1.66. The van der Waals surface area contributed by atoms with Crippen LogP contribution in [-0.2, 0) is 6.42 Å². The number of anilines is 2. The second-order valence-corrected chi connectivity index (χ2v) is 6.32. The number of thiophene rings is 1. The van der Waals surface area contributed by atoms with Crippen molar-refractivity contribution in [2.45, 2.75) is 39.7 Å². The highest BCUT2D eigenvalue weighted by Crippen LogP contribution is 2.31. The van der Waals surface area contributed by atoms with Crippen molar-refractivity contribution in [2.75, 3.05) is 10.7 Å². The lowest BCUT2D eigenvalue weighted by molar-refractivity contribution is 0.631.